The Morgan fingerprint density at radius 2 is 1.85 bits per heavy atom. The molecule has 0 spiro atoms. The second-order valence-corrected chi connectivity index (χ2v) is 7.18. The van der Waals surface area contributed by atoms with E-state index >= 15 is 0 Å². The highest BCUT2D eigenvalue weighted by Gasteiger charge is 2.25. The van der Waals surface area contributed by atoms with Gasteiger partial charge < -0.3 is 14.3 Å². The van der Waals surface area contributed by atoms with Crippen LogP contribution < -0.4 is 5.32 Å². The van der Waals surface area contributed by atoms with Gasteiger partial charge in [-0.05, 0) is 46.6 Å². The van der Waals surface area contributed by atoms with Crippen LogP contribution in [0, 0.1) is 6.92 Å². The summed E-state index contributed by atoms with van der Waals surface area (Å²) in [5.74, 6) is 0.778. The summed E-state index contributed by atoms with van der Waals surface area (Å²) in [6.45, 7) is 1.84. The van der Waals surface area contributed by atoms with Gasteiger partial charge in [-0.15, -0.1) is 0 Å². The third-order valence-corrected chi connectivity index (χ3v) is 4.97. The predicted molar refractivity (Wildman–Crippen MR) is 108 cm³/mol. The zero-order valence-corrected chi connectivity index (χ0v) is 16.5. The number of fused-ring (bicyclic) bond motifs is 1. The second kappa shape index (κ2) is 7.04. The Hall–Kier alpha value is -2.86. The minimum absolute atomic E-state index is 0.279. The minimum atomic E-state index is -0.403. The zero-order valence-electron chi connectivity index (χ0n) is 14.9. The summed E-state index contributed by atoms with van der Waals surface area (Å²) in [6.07, 6.45) is 0. The van der Waals surface area contributed by atoms with Crippen LogP contribution in [0.3, 0.4) is 0 Å². The molecule has 0 aliphatic heterocycles. The fraction of sp³-hybridized carbons (Fsp3) is 0.143. The lowest BCUT2D eigenvalue weighted by molar-refractivity contribution is 0.0911. The minimum Gasteiger partial charge on any atom is -0.444 e. The van der Waals surface area contributed by atoms with Crippen molar-refractivity contribution in [3.8, 4) is 0 Å². The first-order valence-corrected chi connectivity index (χ1v) is 9.37. The first-order valence-electron chi connectivity index (χ1n) is 8.57. The summed E-state index contributed by atoms with van der Waals surface area (Å²) < 4.78 is 8.06. The molecule has 1 unspecified atom stereocenters. The number of aryl methyl sites for hydroxylation is 2. The number of hydrogen-bond donors (Lipinski definition) is 1. The molecule has 1 N–H and O–H groups in total. The lowest BCUT2D eigenvalue weighted by Gasteiger charge is -2.19. The number of aromatic nitrogens is 2. The molecule has 0 bridgehead atoms. The number of nitrogens with zero attached hydrogens (tertiary/aromatic N) is 2. The van der Waals surface area contributed by atoms with E-state index in [1.807, 2.05) is 73.1 Å². The lowest BCUT2D eigenvalue weighted by atomic mass is 10.1. The number of imidazole rings is 1. The molecule has 2 aromatic carbocycles. The van der Waals surface area contributed by atoms with Crippen LogP contribution in [-0.2, 0) is 7.05 Å². The first-order chi connectivity index (χ1) is 13.0. The average Bonchev–Trinajstić information content (AvgIpc) is 3.19. The van der Waals surface area contributed by atoms with Crippen LogP contribution in [0.15, 0.2) is 69.8 Å². The molecule has 0 aliphatic carbocycles. The van der Waals surface area contributed by atoms with Crippen LogP contribution in [0.4, 0.5) is 0 Å². The first kappa shape index (κ1) is 17.5. The third-order valence-electron chi connectivity index (χ3n) is 4.58. The number of rotatable bonds is 4. The summed E-state index contributed by atoms with van der Waals surface area (Å²) in [7, 11) is 1.96. The molecule has 27 heavy (non-hydrogen) atoms. The number of furan rings is 1. The Kier molecular flexibility index (Phi) is 4.58. The molecule has 136 valence electrons. The van der Waals surface area contributed by atoms with Crippen LogP contribution >= 0.6 is 15.9 Å². The molecule has 4 rings (SSSR count). The van der Waals surface area contributed by atoms with Crippen molar-refractivity contribution < 1.29 is 9.21 Å². The molecule has 0 aliphatic rings. The van der Waals surface area contributed by atoms with Crippen molar-refractivity contribution in [1.29, 1.82) is 0 Å². The Labute approximate surface area is 165 Å². The van der Waals surface area contributed by atoms with Gasteiger partial charge in [0.15, 0.2) is 10.4 Å². The maximum absolute atomic E-state index is 12.9. The maximum atomic E-state index is 12.9. The van der Waals surface area contributed by atoms with Crippen LogP contribution in [0.5, 0.6) is 0 Å². The van der Waals surface area contributed by atoms with Gasteiger partial charge in [0.1, 0.15) is 11.9 Å². The molecule has 0 radical (unpaired) electrons. The molecule has 5 nitrogen and oxygen atoms in total. The average molecular weight is 424 g/mol. The molecule has 1 atom stereocenters. The van der Waals surface area contributed by atoms with Crippen molar-refractivity contribution in [2.45, 2.75) is 13.0 Å². The van der Waals surface area contributed by atoms with Crippen molar-refractivity contribution in [3.63, 3.8) is 0 Å². The normalized spacial score (nSPS) is 12.3. The van der Waals surface area contributed by atoms with Gasteiger partial charge in [-0.1, -0.05) is 42.5 Å². The Balaban J connectivity index is 1.79. The van der Waals surface area contributed by atoms with Crippen LogP contribution in [0.25, 0.3) is 11.0 Å². The van der Waals surface area contributed by atoms with Gasteiger partial charge in [0, 0.05) is 12.6 Å². The number of carbonyl (C=O) groups is 1. The van der Waals surface area contributed by atoms with Gasteiger partial charge in [-0.3, -0.25) is 4.79 Å². The standard InChI is InChI=1S/C21H18BrN3O2/c1-13-12-17(22)27-19(13)21(26)24-18(14-8-4-3-5-9-14)20-23-15-10-6-7-11-16(15)25(20)2/h3-12,18H,1-2H3,(H,24,26). The van der Waals surface area contributed by atoms with E-state index in [1.54, 1.807) is 6.07 Å². The van der Waals surface area contributed by atoms with Crippen molar-refractivity contribution in [1.82, 2.24) is 14.9 Å². The molecule has 0 fully saturated rings. The van der Waals surface area contributed by atoms with E-state index in [-0.39, 0.29) is 5.91 Å². The number of amides is 1. The number of benzene rings is 2. The number of hydrogen-bond acceptors (Lipinski definition) is 3. The van der Waals surface area contributed by atoms with Crippen molar-refractivity contribution in [3.05, 3.63) is 88.0 Å². The Bertz CT molecular complexity index is 1120. The van der Waals surface area contributed by atoms with E-state index < -0.39 is 6.04 Å². The quantitative estimate of drug-likeness (QED) is 0.514. The lowest BCUT2D eigenvalue weighted by Crippen LogP contribution is -2.31. The van der Waals surface area contributed by atoms with Gasteiger partial charge >= 0.3 is 0 Å². The summed E-state index contributed by atoms with van der Waals surface area (Å²) in [5.41, 5.74) is 3.63. The highest BCUT2D eigenvalue weighted by atomic mass is 79.9. The highest BCUT2D eigenvalue weighted by molar-refractivity contribution is 9.10. The number of nitrogens with one attached hydrogen (secondary N) is 1. The fourth-order valence-electron chi connectivity index (χ4n) is 3.23. The Morgan fingerprint density at radius 1 is 1.15 bits per heavy atom. The highest BCUT2D eigenvalue weighted by Crippen LogP contribution is 2.26. The van der Waals surface area contributed by atoms with Gasteiger partial charge in [-0.2, -0.15) is 0 Å². The SMILES string of the molecule is Cc1cc(Br)oc1C(=O)NC(c1ccccc1)c1nc2ccccc2n1C. The van der Waals surface area contributed by atoms with E-state index in [0.29, 0.717) is 10.4 Å². The van der Waals surface area contributed by atoms with Crippen molar-refractivity contribution in [2.75, 3.05) is 0 Å². The van der Waals surface area contributed by atoms with E-state index in [1.165, 1.54) is 0 Å². The van der Waals surface area contributed by atoms with E-state index in [0.717, 1.165) is 28.0 Å². The molecular formula is C21H18BrN3O2. The van der Waals surface area contributed by atoms with Gasteiger partial charge in [0.2, 0.25) is 0 Å². The third kappa shape index (κ3) is 3.28. The fourth-order valence-corrected chi connectivity index (χ4v) is 3.74. The molecule has 4 aromatic rings. The van der Waals surface area contributed by atoms with Gasteiger partial charge in [-0.25, -0.2) is 4.98 Å². The Morgan fingerprint density at radius 3 is 2.52 bits per heavy atom. The molecule has 2 aromatic heterocycles. The molecular weight excluding hydrogens is 406 g/mol. The van der Waals surface area contributed by atoms with Crippen LogP contribution in [0.2, 0.25) is 0 Å². The predicted octanol–water partition coefficient (Wildman–Crippen LogP) is 4.76. The summed E-state index contributed by atoms with van der Waals surface area (Å²) in [6, 6.07) is 19.1. The molecule has 0 saturated carbocycles. The zero-order chi connectivity index (χ0) is 19.0. The summed E-state index contributed by atoms with van der Waals surface area (Å²) >= 11 is 3.28. The molecule has 1 amide bonds. The van der Waals surface area contributed by atoms with Crippen LogP contribution in [0.1, 0.15) is 33.5 Å². The van der Waals surface area contributed by atoms with E-state index in [2.05, 4.69) is 21.2 Å². The topological polar surface area (TPSA) is 60.1 Å². The largest absolute Gasteiger partial charge is 0.444 e. The molecule has 0 saturated heterocycles. The van der Waals surface area contributed by atoms with Crippen molar-refractivity contribution in [2.24, 2.45) is 7.05 Å². The smallest absolute Gasteiger partial charge is 0.288 e. The molecule has 6 heteroatoms. The van der Waals surface area contributed by atoms with E-state index in [9.17, 15) is 4.79 Å². The number of para-hydroxylation sites is 2. The van der Waals surface area contributed by atoms with Gasteiger partial charge in [0.25, 0.3) is 5.91 Å². The van der Waals surface area contributed by atoms with Crippen LogP contribution in [-0.4, -0.2) is 15.5 Å². The van der Waals surface area contributed by atoms with Crippen molar-refractivity contribution >= 4 is 32.9 Å². The van der Waals surface area contributed by atoms with Gasteiger partial charge in [0.05, 0.1) is 11.0 Å². The monoisotopic (exact) mass is 423 g/mol. The summed E-state index contributed by atoms with van der Waals surface area (Å²) in [4.78, 5) is 17.7. The van der Waals surface area contributed by atoms with E-state index in [4.69, 9.17) is 9.40 Å². The molecule has 2 heterocycles. The maximum Gasteiger partial charge on any atom is 0.288 e. The summed E-state index contributed by atoms with van der Waals surface area (Å²) in [5, 5.41) is 3.08. The number of carbonyl (C=O) groups excluding carboxylic acids is 1. The number of halogens is 1. The second-order valence-electron chi connectivity index (χ2n) is 6.40.